The zero-order valence-electron chi connectivity index (χ0n) is 20.1. The molecule has 5 rings (SSSR count). The highest BCUT2D eigenvalue weighted by atomic mass is 16.4. The van der Waals surface area contributed by atoms with E-state index in [1.54, 1.807) is 4.90 Å². The molecule has 3 heterocycles. The summed E-state index contributed by atoms with van der Waals surface area (Å²) < 4.78 is 0. The number of carbonyl (C=O) groups is 4. The SMILES string of the molecule is CC(C)CC(=O)N1C2CCC13[C@H](C2)C(=O)N(Cc1cccc2ccccc12)[C@H]3C(=O)NCC(=O)O. The molecule has 2 aromatic rings. The normalized spacial score (nSPS) is 27.1. The second-order valence-corrected chi connectivity index (χ2v) is 10.5. The first-order valence-corrected chi connectivity index (χ1v) is 12.3. The fraction of sp³-hybridized carbons (Fsp3) is 0.481. The van der Waals surface area contributed by atoms with Crippen LogP contribution in [0, 0.1) is 11.8 Å². The van der Waals surface area contributed by atoms with Gasteiger partial charge in [-0.25, -0.2) is 0 Å². The van der Waals surface area contributed by atoms with Crippen LogP contribution in [-0.4, -0.2) is 62.8 Å². The van der Waals surface area contributed by atoms with Crippen molar-refractivity contribution in [2.24, 2.45) is 11.8 Å². The second kappa shape index (κ2) is 8.66. The van der Waals surface area contributed by atoms with Crippen LogP contribution in [0.15, 0.2) is 42.5 Å². The first kappa shape index (κ1) is 23.3. The summed E-state index contributed by atoms with van der Waals surface area (Å²) in [6.45, 7) is 3.65. The third-order valence-electron chi connectivity index (χ3n) is 7.90. The lowest BCUT2D eigenvalue weighted by atomic mass is 9.75. The number of rotatable bonds is 7. The van der Waals surface area contributed by atoms with E-state index in [0.717, 1.165) is 22.8 Å². The molecule has 3 aliphatic rings. The third kappa shape index (κ3) is 3.66. The first-order chi connectivity index (χ1) is 16.7. The van der Waals surface area contributed by atoms with Gasteiger partial charge in [-0.15, -0.1) is 0 Å². The van der Waals surface area contributed by atoms with Gasteiger partial charge in [0.2, 0.25) is 17.7 Å². The van der Waals surface area contributed by atoms with Crippen molar-refractivity contribution >= 4 is 34.5 Å². The van der Waals surface area contributed by atoms with Crippen LogP contribution in [0.1, 0.15) is 45.1 Å². The molecule has 2 aromatic carbocycles. The lowest BCUT2D eigenvalue weighted by molar-refractivity contribution is -0.144. The molecule has 3 aliphatic heterocycles. The van der Waals surface area contributed by atoms with E-state index in [9.17, 15) is 24.3 Å². The number of amides is 3. The molecule has 184 valence electrons. The van der Waals surface area contributed by atoms with Gasteiger partial charge in [-0.05, 0) is 41.5 Å². The summed E-state index contributed by atoms with van der Waals surface area (Å²) in [7, 11) is 0. The highest BCUT2D eigenvalue weighted by molar-refractivity contribution is 5.99. The number of nitrogens with one attached hydrogen (secondary N) is 1. The summed E-state index contributed by atoms with van der Waals surface area (Å²) in [6, 6.07) is 12.8. The topological polar surface area (TPSA) is 107 Å². The van der Waals surface area contributed by atoms with Crippen LogP contribution in [-0.2, 0) is 25.7 Å². The standard InChI is InChI=1S/C27H31N3O5/c1-16(2)12-22(31)30-19-10-11-27(30)21(13-19)26(35)29(24(27)25(34)28-14-23(32)33)15-18-8-5-7-17-6-3-4-9-20(17)18/h3-9,16,19,21,24H,10-15H2,1-2H3,(H,28,34)(H,32,33)/t19?,21-,24+,27?/m1/s1. The van der Waals surface area contributed by atoms with Crippen LogP contribution < -0.4 is 5.32 Å². The van der Waals surface area contributed by atoms with Gasteiger partial charge in [-0.3, -0.25) is 19.2 Å². The highest BCUT2D eigenvalue weighted by Crippen LogP contribution is 2.58. The minimum atomic E-state index is -1.15. The molecule has 35 heavy (non-hydrogen) atoms. The van der Waals surface area contributed by atoms with Crippen LogP contribution in [0.5, 0.6) is 0 Å². The molecule has 1 spiro atoms. The Bertz CT molecular complexity index is 1210. The minimum Gasteiger partial charge on any atom is -0.480 e. The number of likely N-dealkylation sites (tertiary alicyclic amines) is 1. The fourth-order valence-corrected chi connectivity index (χ4v) is 6.69. The molecule has 0 saturated carbocycles. The van der Waals surface area contributed by atoms with Crippen LogP contribution in [0.3, 0.4) is 0 Å². The Morgan fingerprint density at radius 2 is 1.89 bits per heavy atom. The molecule has 2 bridgehead atoms. The Morgan fingerprint density at radius 1 is 1.14 bits per heavy atom. The first-order valence-electron chi connectivity index (χ1n) is 12.3. The Hall–Kier alpha value is -3.42. The average molecular weight is 478 g/mol. The van der Waals surface area contributed by atoms with E-state index < -0.39 is 35.9 Å². The van der Waals surface area contributed by atoms with Crippen molar-refractivity contribution in [3.8, 4) is 0 Å². The highest BCUT2D eigenvalue weighted by Gasteiger charge is 2.72. The van der Waals surface area contributed by atoms with Crippen LogP contribution in [0.2, 0.25) is 0 Å². The molecule has 0 aromatic heterocycles. The molecule has 8 heteroatoms. The maximum Gasteiger partial charge on any atom is 0.322 e. The van der Waals surface area contributed by atoms with Crippen molar-refractivity contribution < 1.29 is 24.3 Å². The summed E-state index contributed by atoms with van der Waals surface area (Å²) >= 11 is 0. The zero-order valence-corrected chi connectivity index (χ0v) is 20.1. The molecule has 0 aliphatic carbocycles. The van der Waals surface area contributed by atoms with Gasteiger partial charge in [0, 0.05) is 19.0 Å². The number of fused-ring (bicyclic) bond motifs is 2. The van der Waals surface area contributed by atoms with Crippen LogP contribution in [0.4, 0.5) is 0 Å². The number of benzene rings is 2. The minimum absolute atomic E-state index is 0.0270. The van der Waals surface area contributed by atoms with Crippen molar-refractivity contribution in [1.82, 2.24) is 15.1 Å². The van der Waals surface area contributed by atoms with Gasteiger partial charge in [0.25, 0.3) is 0 Å². The number of carboxylic acids is 1. The van der Waals surface area contributed by atoms with Gasteiger partial charge in [-0.1, -0.05) is 56.3 Å². The number of hydrogen-bond acceptors (Lipinski definition) is 4. The average Bonchev–Trinajstić information content (AvgIpc) is 3.42. The van der Waals surface area contributed by atoms with Gasteiger partial charge < -0.3 is 20.2 Å². The van der Waals surface area contributed by atoms with Crippen LogP contribution >= 0.6 is 0 Å². The second-order valence-electron chi connectivity index (χ2n) is 10.5. The monoisotopic (exact) mass is 477 g/mol. The van der Waals surface area contributed by atoms with Gasteiger partial charge in [0.15, 0.2) is 0 Å². The maximum absolute atomic E-state index is 13.8. The predicted octanol–water partition coefficient (Wildman–Crippen LogP) is 2.55. The van der Waals surface area contributed by atoms with Crippen molar-refractivity contribution in [2.45, 2.75) is 63.7 Å². The van der Waals surface area contributed by atoms with Gasteiger partial charge in [-0.2, -0.15) is 0 Å². The molecule has 8 nitrogen and oxygen atoms in total. The smallest absolute Gasteiger partial charge is 0.322 e. The molecule has 4 atom stereocenters. The summed E-state index contributed by atoms with van der Waals surface area (Å²) in [4.78, 5) is 55.5. The molecule has 2 N–H and O–H groups in total. The molecule has 3 saturated heterocycles. The van der Waals surface area contributed by atoms with E-state index >= 15 is 0 Å². The summed E-state index contributed by atoms with van der Waals surface area (Å²) in [6.07, 6.45) is 2.22. The van der Waals surface area contributed by atoms with Gasteiger partial charge in [0.05, 0.1) is 11.5 Å². The third-order valence-corrected chi connectivity index (χ3v) is 7.90. The van der Waals surface area contributed by atoms with Gasteiger partial charge in [0.1, 0.15) is 12.6 Å². The lowest BCUT2D eigenvalue weighted by Gasteiger charge is -2.40. The van der Waals surface area contributed by atoms with Crippen molar-refractivity contribution in [3.63, 3.8) is 0 Å². The van der Waals surface area contributed by atoms with E-state index in [1.165, 1.54) is 0 Å². The predicted molar refractivity (Wildman–Crippen MR) is 129 cm³/mol. The number of carbonyl (C=O) groups excluding carboxylic acids is 3. The Balaban J connectivity index is 1.57. The maximum atomic E-state index is 13.8. The van der Waals surface area contributed by atoms with Gasteiger partial charge >= 0.3 is 5.97 Å². The lowest BCUT2D eigenvalue weighted by Crippen LogP contribution is -2.61. The van der Waals surface area contributed by atoms with E-state index in [2.05, 4.69) is 5.32 Å². The van der Waals surface area contributed by atoms with E-state index in [-0.39, 0.29) is 30.3 Å². The summed E-state index contributed by atoms with van der Waals surface area (Å²) in [5.41, 5.74) is -0.0144. The van der Waals surface area contributed by atoms with Crippen LogP contribution in [0.25, 0.3) is 10.8 Å². The Morgan fingerprint density at radius 3 is 2.63 bits per heavy atom. The van der Waals surface area contributed by atoms with E-state index in [1.807, 2.05) is 61.2 Å². The molecule has 3 fully saturated rings. The number of hydrogen-bond donors (Lipinski definition) is 2. The quantitative estimate of drug-likeness (QED) is 0.637. The molecule has 0 radical (unpaired) electrons. The Kier molecular flexibility index (Phi) is 5.77. The largest absolute Gasteiger partial charge is 0.480 e. The summed E-state index contributed by atoms with van der Waals surface area (Å²) in [5, 5.41) is 13.7. The number of aliphatic carboxylic acids is 1. The summed E-state index contributed by atoms with van der Waals surface area (Å²) in [5.74, 6) is -2.11. The molecule has 3 amide bonds. The number of carboxylic acid groups (broad SMARTS) is 1. The Labute approximate surface area is 204 Å². The van der Waals surface area contributed by atoms with E-state index in [0.29, 0.717) is 19.3 Å². The molecule has 2 unspecified atom stereocenters. The number of nitrogens with zero attached hydrogens (tertiary/aromatic N) is 2. The zero-order chi connectivity index (χ0) is 24.9. The van der Waals surface area contributed by atoms with E-state index in [4.69, 9.17) is 0 Å². The van der Waals surface area contributed by atoms with Crippen molar-refractivity contribution in [2.75, 3.05) is 6.54 Å². The molecular weight excluding hydrogens is 446 g/mol. The van der Waals surface area contributed by atoms with Crippen molar-refractivity contribution in [1.29, 1.82) is 0 Å². The van der Waals surface area contributed by atoms with Crippen molar-refractivity contribution in [3.05, 3.63) is 48.0 Å². The molecular formula is C27H31N3O5. The fourth-order valence-electron chi connectivity index (χ4n) is 6.69.